The molecular formula is C10H20N2O2S. The average molecular weight is 232 g/mol. The lowest BCUT2D eigenvalue weighted by Crippen LogP contribution is -2.45. The van der Waals surface area contributed by atoms with E-state index in [4.69, 9.17) is 0 Å². The minimum atomic E-state index is -3.07. The van der Waals surface area contributed by atoms with Crippen molar-refractivity contribution in [2.24, 2.45) is 5.92 Å². The molecule has 1 unspecified atom stereocenters. The van der Waals surface area contributed by atoms with Gasteiger partial charge in [-0.1, -0.05) is 6.42 Å². The average Bonchev–Trinajstić information content (AvgIpc) is 2.16. The van der Waals surface area contributed by atoms with E-state index in [1.54, 1.807) is 0 Å². The zero-order chi connectivity index (χ0) is 10.7. The number of piperidine rings is 1. The van der Waals surface area contributed by atoms with E-state index in [0.717, 1.165) is 19.4 Å². The van der Waals surface area contributed by atoms with Crippen LogP contribution in [0, 0.1) is 5.92 Å². The predicted octanol–water partition coefficient (Wildman–Crippen LogP) is 0.458. The fraction of sp³-hybridized carbons (Fsp3) is 1.00. The molecule has 1 saturated carbocycles. The van der Waals surface area contributed by atoms with E-state index in [-0.39, 0.29) is 5.25 Å². The maximum Gasteiger partial charge on any atom is 0.215 e. The SMILES string of the molecule is O=S(=O)(NCC1CCC1)C1CCCNC1. The van der Waals surface area contributed by atoms with Crippen LogP contribution >= 0.6 is 0 Å². The van der Waals surface area contributed by atoms with Crippen LogP contribution in [0.4, 0.5) is 0 Å². The van der Waals surface area contributed by atoms with E-state index in [9.17, 15) is 8.42 Å². The summed E-state index contributed by atoms with van der Waals surface area (Å²) < 4.78 is 26.5. The molecule has 1 aliphatic carbocycles. The van der Waals surface area contributed by atoms with Crippen LogP contribution in [-0.4, -0.2) is 33.3 Å². The molecule has 0 radical (unpaired) electrons. The lowest BCUT2D eigenvalue weighted by Gasteiger charge is -2.28. The Balaban J connectivity index is 1.81. The van der Waals surface area contributed by atoms with Crippen LogP contribution in [0.15, 0.2) is 0 Å². The zero-order valence-corrected chi connectivity index (χ0v) is 9.85. The Labute approximate surface area is 91.9 Å². The molecule has 0 bridgehead atoms. The number of sulfonamides is 1. The Kier molecular flexibility index (Phi) is 3.64. The highest BCUT2D eigenvalue weighted by atomic mass is 32.2. The Bertz CT molecular complexity index is 293. The highest BCUT2D eigenvalue weighted by molar-refractivity contribution is 7.90. The summed E-state index contributed by atoms with van der Waals surface area (Å²) in [5.41, 5.74) is 0. The normalized spacial score (nSPS) is 28.7. The molecule has 2 N–H and O–H groups in total. The van der Waals surface area contributed by atoms with Gasteiger partial charge < -0.3 is 5.32 Å². The topological polar surface area (TPSA) is 58.2 Å². The van der Waals surface area contributed by atoms with Gasteiger partial charge in [0.1, 0.15) is 0 Å². The van der Waals surface area contributed by atoms with Crippen LogP contribution in [0.2, 0.25) is 0 Å². The van der Waals surface area contributed by atoms with E-state index in [0.29, 0.717) is 19.0 Å². The van der Waals surface area contributed by atoms with Crippen LogP contribution in [-0.2, 0) is 10.0 Å². The van der Waals surface area contributed by atoms with Crippen molar-refractivity contribution in [3.05, 3.63) is 0 Å². The van der Waals surface area contributed by atoms with Crippen molar-refractivity contribution in [1.29, 1.82) is 0 Å². The van der Waals surface area contributed by atoms with E-state index in [1.807, 2.05) is 0 Å². The monoisotopic (exact) mass is 232 g/mol. The molecule has 2 aliphatic rings. The molecule has 5 heteroatoms. The van der Waals surface area contributed by atoms with E-state index in [2.05, 4.69) is 10.0 Å². The van der Waals surface area contributed by atoms with Crippen LogP contribution in [0.1, 0.15) is 32.1 Å². The smallest absolute Gasteiger partial charge is 0.215 e. The number of rotatable bonds is 4. The van der Waals surface area contributed by atoms with Crippen LogP contribution in [0.3, 0.4) is 0 Å². The maximum atomic E-state index is 11.9. The summed E-state index contributed by atoms with van der Waals surface area (Å²) in [6.45, 7) is 2.22. The summed E-state index contributed by atoms with van der Waals surface area (Å²) in [5, 5.41) is 2.92. The van der Waals surface area contributed by atoms with E-state index in [1.165, 1.54) is 19.3 Å². The third-order valence-electron chi connectivity index (χ3n) is 3.49. The molecule has 1 heterocycles. The second-order valence-corrected chi connectivity index (χ2v) is 6.70. The van der Waals surface area contributed by atoms with Crippen molar-refractivity contribution >= 4 is 10.0 Å². The molecule has 1 atom stereocenters. The second kappa shape index (κ2) is 4.80. The fourth-order valence-electron chi connectivity index (χ4n) is 2.13. The largest absolute Gasteiger partial charge is 0.315 e. The molecule has 1 aliphatic heterocycles. The molecule has 2 fully saturated rings. The molecule has 15 heavy (non-hydrogen) atoms. The summed E-state index contributed by atoms with van der Waals surface area (Å²) >= 11 is 0. The van der Waals surface area contributed by atoms with Gasteiger partial charge in [-0.15, -0.1) is 0 Å². The zero-order valence-electron chi connectivity index (χ0n) is 9.04. The number of hydrogen-bond donors (Lipinski definition) is 2. The fourth-order valence-corrected chi connectivity index (χ4v) is 3.65. The molecule has 0 aromatic rings. The highest BCUT2D eigenvalue weighted by Crippen LogP contribution is 2.25. The summed E-state index contributed by atoms with van der Waals surface area (Å²) in [6.07, 6.45) is 5.40. The number of nitrogens with one attached hydrogen (secondary N) is 2. The molecular weight excluding hydrogens is 212 g/mol. The van der Waals surface area contributed by atoms with E-state index < -0.39 is 10.0 Å². The van der Waals surface area contributed by atoms with Gasteiger partial charge in [-0.3, -0.25) is 0 Å². The van der Waals surface area contributed by atoms with Crippen molar-refractivity contribution in [2.75, 3.05) is 19.6 Å². The van der Waals surface area contributed by atoms with Gasteiger partial charge in [0.05, 0.1) is 5.25 Å². The van der Waals surface area contributed by atoms with Gasteiger partial charge >= 0.3 is 0 Å². The van der Waals surface area contributed by atoms with Crippen molar-refractivity contribution in [1.82, 2.24) is 10.0 Å². The standard InChI is InChI=1S/C10H20N2O2S/c13-15(14,10-5-2-6-11-8-10)12-7-9-3-1-4-9/h9-12H,1-8H2. The van der Waals surface area contributed by atoms with Gasteiger partial charge in [0.25, 0.3) is 0 Å². The molecule has 0 amide bonds. The maximum absolute atomic E-state index is 11.9. The molecule has 0 aromatic heterocycles. The Morgan fingerprint density at radius 1 is 1.20 bits per heavy atom. The lowest BCUT2D eigenvalue weighted by atomic mass is 9.86. The van der Waals surface area contributed by atoms with Gasteiger partial charge in [-0.2, -0.15) is 0 Å². The first-order valence-electron chi connectivity index (χ1n) is 5.88. The quantitative estimate of drug-likeness (QED) is 0.740. The predicted molar refractivity (Wildman–Crippen MR) is 60.2 cm³/mol. The third kappa shape index (κ3) is 2.92. The first-order valence-corrected chi connectivity index (χ1v) is 7.42. The van der Waals surface area contributed by atoms with Crippen molar-refractivity contribution in [3.63, 3.8) is 0 Å². The van der Waals surface area contributed by atoms with Gasteiger partial charge in [0.2, 0.25) is 10.0 Å². The van der Waals surface area contributed by atoms with Crippen molar-refractivity contribution in [3.8, 4) is 0 Å². The van der Waals surface area contributed by atoms with Gasteiger partial charge in [-0.25, -0.2) is 13.1 Å². The lowest BCUT2D eigenvalue weighted by molar-refractivity contribution is 0.315. The molecule has 0 spiro atoms. The first kappa shape index (κ1) is 11.4. The second-order valence-electron chi connectivity index (χ2n) is 4.66. The summed E-state index contributed by atoms with van der Waals surface area (Å²) in [7, 11) is -3.07. The van der Waals surface area contributed by atoms with Crippen LogP contribution < -0.4 is 10.0 Å². The molecule has 0 aromatic carbocycles. The minimum absolute atomic E-state index is 0.216. The molecule has 88 valence electrons. The summed E-state index contributed by atoms with van der Waals surface area (Å²) in [4.78, 5) is 0. The molecule has 4 nitrogen and oxygen atoms in total. The number of hydrogen-bond acceptors (Lipinski definition) is 3. The third-order valence-corrected chi connectivity index (χ3v) is 5.34. The van der Waals surface area contributed by atoms with Crippen LogP contribution in [0.25, 0.3) is 0 Å². The Morgan fingerprint density at radius 2 is 2.00 bits per heavy atom. The van der Waals surface area contributed by atoms with E-state index >= 15 is 0 Å². The van der Waals surface area contributed by atoms with Crippen molar-refractivity contribution in [2.45, 2.75) is 37.4 Å². The minimum Gasteiger partial charge on any atom is -0.315 e. The summed E-state index contributed by atoms with van der Waals surface area (Å²) in [5.74, 6) is 0.594. The Hall–Kier alpha value is -0.130. The Morgan fingerprint density at radius 3 is 2.53 bits per heavy atom. The van der Waals surface area contributed by atoms with Crippen molar-refractivity contribution < 1.29 is 8.42 Å². The summed E-state index contributed by atoms with van der Waals surface area (Å²) in [6, 6.07) is 0. The van der Waals surface area contributed by atoms with Gasteiger partial charge in [-0.05, 0) is 38.1 Å². The van der Waals surface area contributed by atoms with Crippen LogP contribution in [0.5, 0.6) is 0 Å². The molecule has 1 saturated heterocycles. The highest BCUT2D eigenvalue weighted by Gasteiger charge is 2.28. The van der Waals surface area contributed by atoms with Gasteiger partial charge in [0.15, 0.2) is 0 Å². The first-order chi connectivity index (χ1) is 7.18. The van der Waals surface area contributed by atoms with Gasteiger partial charge in [0, 0.05) is 13.1 Å². The molecule has 2 rings (SSSR count).